The molecule has 1 aliphatic heterocycles. The van der Waals surface area contributed by atoms with Gasteiger partial charge in [-0.15, -0.1) is 0 Å². The molecule has 4 aromatic rings. The van der Waals surface area contributed by atoms with Crippen LogP contribution in [0.5, 0.6) is 0 Å². The van der Waals surface area contributed by atoms with Crippen molar-refractivity contribution in [3.05, 3.63) is 77.3 Å². The molecular weight excluding hydrogens is 327 g/mol. The topological polar surface area (TPSA) is 43.6 Å². The van der Waals surface area contributed by atoms with Crippen LogP contribution in [0.3, 0.4) is 0 Å². The van der Waals surface area contributed by atoms with Crippen LogP contribution in [0.25, 0.3) is 22.3 Å². The Labute approximate surface area is 150 Å². The minimum Gasteiger partial charge on any atom is -0.326 e. The Kier molecular flexibility index (Phi) is 3.35. The monoisotopic (exact) mass is 344 g/mol. The molecule has 3 heterocycles. The highest BCUT2D eigenvalue weighted by molar-refractivity contribution is 5.81. The van der Waals surface area contributed by atoms with Crippen molar-refractivity contribution < 1.29 is 4.39 Å². The van der Waals surface area contributed by atoms with Gasteiger partial charge in [0.15, 0.2) is 0 Å². The molecule has 5 rings (SSSR count). The van der Waals surface area contributed by atoms with Crippen LogP contribution in [0.4, 0.5) is 4.39 Å². The molecule has 0 bridgehead atoms. The molecule has 4 nitrogen and oxygen atoms in total. The largest absolute Gasteiger partial charge is 0.326 e. The summed E-state index contributed by atoms with van der Waals surface area (Å²) in [6, 6.07) is 13.4. The van der Waals surface area contributed by atoms with E-state index in [9.17, 15) is 4.39 Å². The smallest absolute Gasteiger partial charge is 0.149 e. The Morgan fingerprint density at radius 3 is 2.81 bits per heavy atom. The van der Waals surface area contributed by atoms with Crippen molar-refractivity contribution >= 4 is 10.9 Å². The van der Waals surface area contributed by atoms with Gasteiger partial charge in [-0.1, -0.05) is 36.4 Å². The predicted molar refractivity (Wildman–Crippen MR) is 98.4 cm³/mol. The maximum Gasteiger partial charge on any atom is 0.149 e. The average Bonchev–Trinajstić information content (AvgIpc) is 3.18. The minimum absolute atomic E-state index is 0.299. The number of hydrogen-bond acceptors (Lipinski definition) is 3. The van der Waals surface area contributed by atoms with Crippen molar-refractivity contribution in [2.45, 2.75) is 26.3 Å². The number of hydrogen-bond donors (Lipinski definition) is 0. The fourth-order valence-electron chi connectivity index (χ4n) is 3.67. The summed E-state index contributed by atoms with van der Waals surface area (Å²) in [5.74, 6) is 1.39. The van der Waals surface area contributed by atoms with Gasteiger partial charge in [0, 0.05) is 35.8 Å². The Hall–Kier alpha value is -3.08. The van der Waals surface area contributed by atoms with Gasteiger partial charge in [-0.25, -0.2) is 19.3 Å². The molecule has 2 aromatic carbocycles. The van der Waals surface area contributed by atoms with Crippen LogP contribution in [0, 0.1) is 12.7 Å². The lowest BCUT2D eigenvalue weighted by Gasteiger charge is -2.06. The Morgan fingerprint density at radius 1 is 1.00 bits per heavy atom. The second-order valence-electron chi connectivity index (χ2n) is 6.70. The summed E-state index contributed by atoms with van der Waals surface area (Å²) in [4.78, 5) is 13.8. The Bertz CT molecular complexity index is 1150. The second kappa shape index (κ2) is 5.73. The van der Waals surface area contributed by atoms with Gasteiger partial charge in [-0.2, -0.15) is 0 Å². The predicted octanol–water partition coefficient (Wildman–Crippen LogP) is 4.09. The van der Waals surface area contributed by atoms with Crippen LogP contribution in [0.1, 0.15) is 22.8 Å². The molecule has 0 saturated heterocycles. The number of rotatable bonds is 3. The fourth-order valence-corrected chi connectivity index (χ4v) is 3.67. The summed E-state index contributed by atoms with van der Waals surface area (Å²) in [5.41, 5.74) is 4.75. The number of fused-ring (bicyclic) bond motifs is 4. The minimum atomic E-state index is -0.299. The van der Waals surface area contributed by atoms with Crippen LogP contribution in [-0.2, 0) is 19.4 Å². The van der Waals surface area contributed by atoms with Crippen LogP contribution < -0.4 is 0 Å². The highest BCUT2D eigenvalue weighted by Crippen LogP contribution is 2.31. The Balaban J connectivity index is 1.41. The van der Waals surface area contributed by atoms with E-state index < -0.39 is 0 Å². The molecule has 0 radical (unpaired) electrons. The number of halogens is 1. The first kappa shape index (κ1) is 15.2. The summed E-state index contributed by atoms with van der Waals surface area (Å²) in [7, 11) is 0. The summed E-state index contributed by atoms with van der Waals surface area (Å²) < 4.78 is 16.2. The number of para-hydroxylation sites is 1. The van der Waals surface area contributed by atoms with E-state index in [1.165, 1.54) is 17.2 Å². The molecule has 0 amide bonds. The lowest BCUT2D eigenvalue weighted by Crippen LogP contribution is -2.02. The first-order valence-corrected chi connectivity index (χ1v) is 8.75. The van der Waals surface area contributed by atoms with Gasteiger partial charge in [0.1, 0.15) is 23.0 Å². The third-order valence-electron chi connectivity index (χ3n) is 4.94. The van der Waals surface area contributed by atoms with E-state index in [1.54, 1.807) is 6.07 Å². The third kappa shape index (κ3) is 2.39. The van der Waals surface area contributed by atoms with Crippen molar-refractivity contribution in [2.24, 2.45) is 0 Å². The first-order valence-electron chi connectivity index (χ1n) is 8.75. The fraction of sp³-hybridized carbons (Fsp3) is 0.190. The van der Waals surface area contributed by atoms with Gasteiger partial charge in [-0.05, 0) is 25.0 Å². The molecule has 0 aliphatic carbocycles. The zero-order valence-electron chi connectivity index (χ0n) is 14.4. The summed E-state index contributed by atoms with van der Waals surface area (Å²) >= 11 is 0. The van der Waals surface area contributed by atoms with Crippen molar-refractivity contribution in [3.63, 3.8) is 0 Å². The van der Waals surface area contributed by atoms with Gasteiger partial charge in [0.05, 0.1) is 5.69 Å². The van der Waals surface area contributed by atoms with Crippen LogP contribution in [0.2, 0.25) is 0 Å². The van der Waals surface area contributed by atoms with Gasteiger partial charge >= 0.3 is 0 Å². The van der Waals surface area contributed by atoms with Gasteiger partial charge in [0.2, 0.25) is 0 Å². The molecule has 0 unspecified atom stereocenters. The molecule has 1 aliphatic rings. The number of imidazole rings is 1. The van der Waals surface area contributed by atoms with Crippen LogP contribution >= 0.6 is 0 Å². The number of aryl methyl sites for hydroxylation is 3. The van der Waals surface area contributed by atoms with Crippen molar-refractivity contribution in [3.8, 4) is 11.4 Å². The van der Waals surface area contributed by atoms with E-state index in [0.29, 0.717) is 17.8 Å². The van der Waals surface area contributed by atoms with E-state index in [-0.39, 0.29) is 5.82 Å². The van der Waals surface area contributed by atoms with E-state index >= 15 is 0 Å². The zero-order chi connectivity index (χ0) is 17.7. The van der Waals surface area contributed by atoms with Gasteiger partial charge < -0.3 is 4.57 Å². The molecule has 26 heavy (non-hydrogen) atoms. The molecule has 0 spiro atoms. The molecule has 128 valence electrons. The lowest BCUT2D eigenvalue weighted by atomic mass is 10.1. The third-order valence-corrected chi connectivity index (χ3v) is 4.94. The molecule has 0 saturated carbocycles. The maximum absolute atomic E-state index is 14.1. The number of nitrogens with zero attached hydrogens (tertiary/aromatic N) is 4. The van der Waals surface area contributed by atoms with Crippen LogP contribution in [0.15, 0.2) is 48.7 Å². The molecule has 5 heteroatoms. The molecule has 0 atom stereocenters. The normalized spacial score (nSPS) is 12.4. The zero-order valence-corrected chi connectivity index (χ0v) is 14.4. The van der Waals surface area contributed by atoms with E-state index in [1.807, 2.05) is 19.1 Å². The summed E-state index contributed by atoms with van der Waals surface area (Å²) in [6.07, 6.45) is 3.48. The van der Waals surface area contributed by atoms with E-state index in [2.05, 4.69) is 38.9 Å². The SMILES string of the molecule is Cc1nc(CCc2cn3c(n2)-c2ccccc2C3)nc2c(F)cccc12. The summed E-state index contributed by atoms with van der Waals surface area (Å²) in [5, 5.41) is 0.770. The molecule has 0 N–H and O–H groups in total. The molecule has 0 fully saturated rings. The van der Waals surface area contributed by atoms with Gasteiger partial charge in [0.25, 0.3) is 0 Å². The molecular formula is C21H17FN4. The van der Waals surface area contributed by atoms with Crippen LogP contribution in [-0.4, -0.2) is 19.5 Å². The van der Waals surface area contributed by atoms with E-state index in [0.717, 1.165) is 35.6 Å². The Morgan fingerprint density at radius 2 is 1.88 bits per heavy atom. The van der Waals surface area contributed by atoms with E-state index in [4.69, 9.17) is 4.98 Å². The number of aromatic nitrogens is 4. The molecule has 2 aromatic heterocycles. The van der Waals surface area contributed by atoms with Crippen molar-refractivity contribution in [1.29, 1.82) is 0 Å². The lowest BCUT2D eigenvalue weighted by molar-refractivity contribution is 0.635. The highest BCUT2D eigenvalue weighted by Gasteiger charge is 2.20. The quantitative estimate of drug-likeness (QED) is 0.495. The van der Waals surface area contributed by atoms with Crippen molar-refractivity contribution in [2.75, 3.05) is 0 Å². The highest BCUT2D eigenvalue weighted by atomic mass is 19.1. The summed E-state index contributed by atoms with van der Waals surface area (Å²) in [6.45, 7) is 2.77. The maximum atomic E-state index is 14.1. The van der Waals surface area contributed by atoms with Crippen molar-refractivity contribution in [1.82, 2.24) is 19.5 Å². The first-order chi connectivity index (χ1) is 12.7. The second-order valence-corrected chi connectivity index (χ2v) is 6.70. The average molecular weight is 344 g/mol. The number of benzene rings is 2. The standard InChI is InChI=1S/C21H17FN4/c1-13-16-7-4-8-18(22)20(16)25-19(23-13)10-9-15-12-26-11-14-5-2-3-6-17(14)21(26)24-15/h2-8,12H,9-11H2,1H3. The van der Waals surface area contributed by atoms with Gasteiger partial charge in [-0.3, -0.25) is 0 Å².